The van der Waals surface area contributed by atoms with Crippen LogP contribution in [0.3, 0.4) is 0 Å². The highest BCUT2D eigenvalue weighted by Gasteiger charge is 2.19. The van der Waals surface area contributed by atoms with Crippen LogP contribution in [0, 0.1) is 0 Å². The summed E-state index contributed by atoms with van der Waals surface area (Å²) in [6.45, 7) is 4.99. The van der Waals surface area contributed by atoms with E-state index < -0.39 is 11.8 Å². The summed E-state index contributed by atoms with van der Waals surface area (Å²) in [6.07, 6.45) is 2.86. The maximum Gasteiger partial charge on any atom is 0.309 e. The standard InChI is InChI=1S/C11H20N2O3/c1-3-8(2)13-11(15)10(14)12-7-9-5-4-6-16-9/h8-9H,3-7H2,1-2H3,(H,12,14)(H,13,15)/t8-,9-/m1/s1. The molecule has 5 nitrogen and oxygen atoms in total. The fourth-order valence-electron chi connectivity index (χ4n) is 1.48. The summed E-state index contributed by atoms with van der Waals surface area (Å²) in [4.78, 5) is 22.7. The highest BCUT2D eigenvalue weighted by molar-refractivity contribution is 6.35. The van der Waals surface area contributed by atoms with Crippen molar-refractivity contribution in [3.63, 3.8) is 0 Å². The van der Waals surface area contributed by atoms with E-state index in [-0.39, 0.29) is 12.1 Å². The lowest BCUT2D eigenvalue weighted by Gasteiger charge is -2.13. The molecular weight excluding hydrogens is 208 g/mol. The molecule has 0 aliphatic carbocycles. The topological polar surface area (TPSA) is 67.4 Å². The third-order valence-corrected chi connectivity index (χ3v) is 2.71. The largest absolute Gasteiger partial charge is 0.376 e. The quantitative estimate of drug-likeness (QED) is 0.675. The third-order valence-electron chi connectivity index (χ3n) is 2.71. The Morgan fingerprint density at radius 1 is 1.44 bits per heavy atom. The number of rotatable bonds is 4. The lowest BCUT2D eigenvalue weighted by atomic mass is 10.2. The van der Waals surface area contributed by atoms with Crippen LogP contribution < -0.4 is 10.6 Å². The van der Waals surface area contributed by atoms with Gasteiger partial charge < -0.3 is 15.4 Å². The Morgan fingerprint density at radius 2 is 2.19 bits per heavy atom. The van der Waals surface area contributed by atoms with Crippen molar-refractivity contribution in [2.24, 2.45) is 0 Å². The zero-order valence-corrected chi connectivity index (χ0v) is 9.91. The zero-order chi connectivity index (χ0) is 12.0. The minimum Gasteiger partial charge on any atom is -0.376 e. The maximum atomic E-state index is 11.4. The van der Waals surface area contributed by atoms with Crippen molar-refractivity contribution in [3.05, 3.63) is 0 Å². The van der Waals surface area contributed by atoms with E-state index in [1.807, 2.05) is 13.8 Å². The average molecular weight is 228 g/mol. The molecule has 2 N–H and O–H groups in total. The Bertz CT molecular complexity index is 250. The van der Waals surface area contributed by atoms with Crippen molar-refractivity contribution in [1.29, 1.82) is 0 Å². The second-order valence-corrected chi connectivity index (χ2v) is 4.13. The van der Waals surface area contributed by atoms with Crippen LogP contribution in [0.15, 0.2) is 0 Å². The predicted octanol–water partition coefficient (Wildman–Crippen LogP) is 0.196. The van der Waals surface area contributed by atoms with Gasteiger partial charge in [-0.05, 0) is 26.2 Å². The van der Waals surface area contributed by atoms with E-state index in [1.165, 1.54) is 0 Å². The molecule has 0 aromatic rings. The second kappa shape index (κ2) is 6.48. The molecule has 1 saturated heterocycles. The van der Waals surface area contributed by atoms with Crippen molar-refractivity contribution in [2.75, 3.05) is 13.2 Å². The molecule has 0 bridgehead atoms. The lowest BCUT2D eigenvalue weighted by molar-refractivity contribution is -0.139. The first kappa shape index (κ1) is 13.0. The highest BCUT2D eigenvalue weighted by atomic mass is 16.5. The van der Waals surface area contributed by atoms with Gasteiger partial charge in [-0.15, -0.1) is 0 Å². The monoisotopic (exact) mass is 228 g/mol. The van der Waals surface area contributed by atoms with Gasteiger partial charge in [0.1, 0.15) is 0 Å². The lowest BCUT2D eigenvalue weighted by Crippen LogP contribution is -2.45. The molecule has 16 heavy (non-hydrogen) atoms. The number of amides is 2. The van der Waals surface area contributed by atoms with E-state index in [9.17, 15) is 9.59 Å². The molecule has 92 valence electrons. The normalized spacial score (nSPS) is 21.5. The van der Waals surface area contributed by atoms with E-state index >= 15 is 0 Å². The van der Waals surface area contributed by atoms with Crippen LogP contribution in [0.2, 0.25) is 0 Å². The van der Waals surface area contributed by atoms with E-state index in [0.717, 1.165) is 25.9 Å². The zero-order valence-electron chi connectivity index (χ0n) is 9.91. The molecule has 1 rings (SSSR count). The summed E-state index contributed by atoms with van der Waals surface area (Å²) in [7, 11) is 0. The molecule has 2 atom stereocenters. The van der Waals surface area contributed by atoms with Gasteiger partial charge in [0.2, 0.25) is 0 Å². The Labute approximate surface area is 95.9 Å². The minimum absolute atomic E-state index is 0.0287. The molecule has 0 radical (unpaired) electrons. The van der Waals surface area contributed by atoms with Crippen LogP contribution in [-0.4, -0.2) is 37.1 Å². The molecule has 1 fully saturated rings. The van der Waals surface area contributed by atoms with Gasteiger partial charge in [0.15, 0.2) is 0 Å². The maximum absolute atomic E-state index is 11.4. The van der Waals surface area contributed by atoms with Crippen LogP contribution in [0.4, 0.5) is 0 Å². The van der Waals surface area contributed by atoms with Crippen LogP contribution in [0.1, 0.15) is 33.1 Å². The SMILES string of the molecule is CC[C@@H](C)NC(=O)C(=O)NC[C@H]1CCCO1. The van der Waals surface area contributed by atoms with E-state index in [4.69, 9.17) is 4.74 Å². The van der Waals surface area contributed by atoms with Gasteiger partial charge in [0.05, 0.1) is 6.10 Å². The Hall–Kier alpha value is -1.10. The van der Waals surface area contributed by atoms with Crippen LogP contribution in [-0.2, 0) is 14.3 Å². The molecule has 1 heterocycles. The van der Waals surface area contributed by atoms with Gasteiger partial charge in [-0.2, -0.15) is 0 Å². The minimum atomic E-state index is -0.573. The Morgan fingerprint density at radius 3 is 2.75 bits per heavy atom. The van der Waals surface area contributed by atoms with Gasteiger partial charge >= 0.3 is 11.8 Å². The molecule has 2 amide bonds. The van der Waals surface area contributed by atoms with Gasteiger partial charge in [0.25, 0.3) is 0 Å². The third kappa shape index (κ3) is 4.18. The first-order valence-corrected chi connectivity index (χ1v) is 5.83. The van der Waals surface area contributed by atoms with Gasteiger partial charge in [0, 0.05) is 19.2 Å². The molecular formula is C11H20N2O3. The first-order chi connectivity index (χ1) is 7.63. The number of hydrogen-bond acceptors (Lipinski definition) is 3. The predicted molar refractivity (Wildman–Crippen MR) is 59.9 cm³/mol. The summed E-state index contributed by atoms with van der Waals surface area (Å²) in [5.41, 5.74) is 0. The molecule has 0 saturated carbocycles. The summed E-state index contributed by atoms with van der Waals surface area (Å²) in [6, 6.07) is 0.0287. The van der Waals surface area contributed by atoms with Crippen LogP contribution in [0.25, 0.3) is 0 Å². The number of nitrogens with one attached hydrogen (secondary N) is 2. The Balaban J connectivity index is 2.20. The molecule has 0 aromatic heterocycles. The van der Waals surface area contributed by atoms with Crippen molar-refractivity contribution in [2.45, 2.75) is 45.3 Å². The van der Waals surface area contributed by atoms with Gasteiger partial charge in [-0.25, -0.2) is 0 Å². The molecule has 0 aromatic carbocycles. The van der Waals surface area contributed by atoms with Crippen LogP contribution >= 0.6 is 0 Å². The molecule has 0 unspecified atom stereocenters. The van der Waals surface area contributed by atoms with Gasteiger partial charge in [-0.3, -0.25) is 9.59 Å². The average Bonchev–Trinajstić information content (AvgIpc) is 2.78. The molecule has 1 aliphatic rings. The second-order valence-electron chi connectivity index (χ2n) is 4.13. The number of hydrogen-bond donors (Lipinski definition) is 2. The van der Waals surface area contributed by atoms with Crippen molar-refractivity contribution < 1.29 is 14.3 Å². The van der Waals surface area contributed by atoms with E-state index in [0.29, 0.717) is 6.54 Å². The Kier molecular flexibility index (Phi) is 5.25. The van der Waals surface area contributed by atoms with Gasteiger partial charge in [-0.1, -0.05) is 6.92 Å². The van der Waals surface area contributed by atoms with Crippen molar-refractivity contribution in [3.8, 4) is 0 Å². The smallest absolute Gasteiger partial charge is 0.309 e. The van der Waals surface area contributed by atoms with E-state index in [1.54, 1.807) is 0 Å². The van der Waals surface area contributed by atoms with Crippen molar-refractivity contribution >= 4 is 11.8 Å². The summed E-state index contributed by atoms with van der Waals surface area (Å²) >= 11 is 0. The fourth-order valence-corrected chi connectivity index (χ4v) is 1.48. The fraction of sp³-hybridized carbons (Fsp3) is 0.818. The highest BCUT2D eigenvalue weighted by Crippen LogP contribution is 2.10. The summed E-state index contributed by atoms with van der Waals surface area (Å²) in [5.74, 6) is -1.14. The van der Waals surface area contributed by atoms with Crippen LogP contribution in [0.5, 0.6) is 0 Å². The molecule has 1 aliphatic heterocycles. The first-order valence-electron chi connectivity index (χ1n) is 5.83. The number of carbonyl (C=O) groups excluding carboxylic acids is 2. The number of ether oxygens (including phenoxy) is 1. The molecule has 5 heteroatoms. The van der Waals surface area contributed by atoms with E-state index in [2.05, 4.69) is 10.6 Å². The van der Waals surface area contributed by atoms with Crippen molar-refractivity contribution in [1.82, 2.24) is 10.6 Å². The summed E-state index contributed by atoms with van der Waals surface area (Å²) < 4.78 is 5.34. The number of carbonyl (C=O) groups is 2. The molecule has 0 spiro atoms. The summed E-state index contributed by atoms with van der Waals surface area (Å²) in [5, 5.41) is 5.19.